The van der Waals surface area contributed by atoms with Gasteiger partial charge in [0.1, 0.15) is 0 Å². The average Bonchev–Trinajstić information content (AvgIpc) is 2.66. The fraction of sp³-hybridized carbons (Fsp3) is 0.286. The Bertz CT molecular complexity index is 297. The van der Waals surface area contributed by atoms with E-state index in [2.05, 4.69) is 15.8 Å². The minimum atomic E-state index is -0.392. The Balaban J connectivity index is 2.39. The molecule has 0 unspecified atom stereocenters. The van der Waals surface area contributed by atoms with E-state index in [9.17, 15) is 9.59 Å². The van der Waals surface area contributed by atoms with Crippen LogP contribution in [0.4, 0.5) is 0 Å². The fourth-order valence-electron chi connectivity index (χ4n) is 0.604. The average molecular weight is 199 g/mol. The van der Waals surface area contributed by atoms with Crippen molar-refractivity contribution in [2.45, 2.75) is 13.3 Å². The van der Waals surface area contributed by atoms with Gasteiger partial charge in [-0.1, -0.05) is 6.92 Å². The number of hydrazine groups is 1. The van der Waals surface area contributed by atoms with Gasteiger partial charge in [0.2, 0.25) is 5.91 Å². The highest BCUT2D eigenvalue weighted by atomic mass is 32.1. The summed E-state index contributed by atoms with van der Waals surface area (Å²) >= 11 is 1.22. The van der Waals surface area contributed by atoms with E-state index in [-0.39, 0.29) is 5.91 Å². The Labute approximate surface area is 79.1 Å². The van der Waals surface area contributed by atoms with Gasteiger partial charge in [0, 0.05) is 18.0 Å². The highest BCUT2D eigenvalue weighted by Gasteiger charge is 2.07. The van der Waals surface area contributed by atoms with Crippen LogP contribution in [0, 0.1) is 0 Å². The molecule has 70 valence electrons. The van der Waals surface area contributed by atoms with Gasteiger partial charge in [0.25, 0.3) is 5.91 Å². The Morgan fingerprint density at radius 2 is 2.31 bits per heavy atom. The largest absolute Gasteiger partial charge is 0.298 e. The summed E-state index contributed by atoms with van der Waals surface area (Å²) in [6.45, 7) is 1.70. The zero-order valence-electron chi connectivity index (χ0n) is 7.03. The summed E-state index contributed by atoms with van der Waals surface area (Å²) in [5.74, 6) is -0.623. The number of nitrogens with zero attached hydrogens (tertiary/aromatic N) is 1. The van der Waals surface area contributed by atoms with E-state index >= 15 is 0 Å². The third kappa shape index (κ3) is 2.83. The summed E-state index contributed by atoms with van der Waals surface area (Å²) in [7, 11) is 0. The summed E-state index contributed by atoms with van der Waals surface area (Å²) in [6.07, 6.45) is 1.86. The van der Waals surface area contributed by atoms with E-state index in [0.29, 0.717) is 11.4 Å². The maximum Gasteiger partial charge on any atom is 0.298 e. The molecule has 0 aliphatic carbocycles. The number of rotatable bonds is 2. The first-order chi connectivity index (χ1) is 6.24. The van der Waals surface area contributed by atoms with E-state index in [1.54, 1.807) is 12.3 Å². The molecule has 0 radical (unpaired) electrons. The van der Waals surface area contributed by atoms with Crippen molar-refractivity contribution in [1.29, 1.82) is 0 Å². The van der Waals surface area contributed by atoms with Crippen LogP contribution in [0.5, 0.6) is 0 Å². The summed E-state index contributed by atoms with van der Waals surface area (Å²) in [5, 5.41) is 2.02. The fourth-order valence-corrected chi connectivity index (χ4v) is 1.13. The predicted octanol–water partition coefficient (Wildman–Crippen LogP) is 0.314. The molecule has 1 aromatic rings. The van der Waals surface area contributed by atoms with E-state index in [0.717, 1.165) is 0 Å². The lowest BCUT2D eigenvalue weighted by atomic mass is 10.5. The third-order valence-electron chi connectivity index (χ3n) is 1.26. The standard InChI is InChI=1S/C7H9N3O2S/c1-2-5(11)9-10-6(12)7-8-3-4-13-7/h3-4H,2H2,1H3,(H,9,11)(H,10,12). The van der Waals surface area contributed by atoms with Crippen molar-refractivity contribution in [3.05, 3.63) is 16.6 Å². The third-order valence-corrected chi connectivity index (χ3v) is 2.03. The van der Waals surface area contributed by atoms with Crippen LogP contribution in [0.2, 0.25) is 0 Å². The first-order valence-electron chi connectivity index (χ1n) is 3.72. The van der Waals surface area contributed by atoms with Crippen molar-refractivity contribution in [3.63, 3.8) is 0 Å². The molecule has 5 nitrogen and oxygen atoms in total. The smallest absolute Gasteiger partial charge is 0.273 e. The number of nitrogens with one attached hydrogen (secondary N) is 2. The van der Waals surface area contributed by atoms with Crippen LogP contribution >= 0.6 is 11.3 Å². The lowest BCUT2D eigenvalue weighted by molar-refractivity contribution is -0.121. The monoisotopic (exact) mass is 199 g/mol. The van der Waals surface area contributed by atoms with Gasteiger partial charge in [-0.05, 0) is 0 Å². The summed E-state index contributed by atoms with van der Waals surface area (Å²) in [5.41, 5.74) is 4.49. The molecule has 0 saturated heterocycles. The van der Waals surface area contributed by atoms with Gasteiger partial charge >= 0.3 is 0 Å². The van der Waals surface area contributed by atoms with Crippen LogP contribution in [0.3, 0.4) is 0 Å². The maximum absolute atomic E-state index is 11.1. The number of amides is 2. The molecule has 0 spiro atoms. The Morgan fingerprint density at radius 3 is 2.85 bits per heavy atom. The van der Waals surface area contributed by atoms with Gasteiger partial charge in [-0.2, -0.15) is 0 Å². The molecule has 6 heteroatoms. The quantitative estimate of drug-likeness (QED) is 0.673. The van der Waals surface area contributed by atoms with E-state index in [1.165, 1.54) is 17.5 Å². The van der Waals surface area contributed by atoms with Crippen molar-refractivity contribution in [2.24, 2.45) is 0 Å². The second-order valence-electron chi connectivity index (χ2n) is 2.19. The van der Waals surface area contributed by atoms with Crippen LogP contribution in [0.1, 0.15) is 23.1 Å². The molecule has 0 aliphatic rings. The van der Waals surface area contributed by atoms with Gasteiger partial charge in [0.05, 0.1) is 0 Å². The van der Waals surface area contributed by atoms with Crippen LogP contribution in [-0.2, 0) is 4.79 Å². The Hall–Kier alpha value is -1.43. The molecule has 0 saturated carbocycles. The van der Waals surface area contributed by atoms with Crippen LogP contribution < -0.4 is 10.9 Å². The summed E-state index contributed by atoms with van der Waals surface area (Å²) < 4.78 is 0. The molecule has 0 aromatic carbocycles. The van der Waals surface area contributed by atoms with Crippen molar-refractivity contribution < 1.29 is 9.59 Å². The molecule has 0 fully saturated rings. The second-order valence-corrected chi connectivity index (χ2v) is 3.09. The highest BCUT2D eigenvalue weighted by molar-refractivity contribution is 7.11. The van der Waals surface area contributed by atoms with E-state index in [1.807, 2.05) is 0 Å². The van der Waals surface area contributed by atoms with Crippen molar-refractivity contribution in [3.8, 4) is 0 Å². The van der Waals surface area contributed by atoms with Crippen molar-refractivity contribution in [1.82, 2.24) is 15.8 Å². The lowest BCUT2D eigenvalue weighted by Gasteiger charge is -2.02. The van der Waals surface area contributed by atoms with Gasteiger partial charge < -0.3 is 0 Å². The number of hydrogen-bond acceptors (Lipinski definition) is 4. The minimum Gasteiger partial charge on any atom is -0.273 e. The first kappa shape index (κ1) is 9.66. The van der Waals surface area contributed by atoms with E-state index in [4.69, 9.17) is 0 Å². The highest BCUT2D eigenvalue weighted by Crippen LogP contribution is 2.01. The Kier molecular flexibility index (Phi) is 3.39. The predicted molar refractivity (Wildman–Crippen MR) is 48.0 cm³/mol. The molecule has 1 rings (SSSR count). The van der Waals surface area contributed by atoms with Gasteiger partial charge in [0.15, 0.2) is 5.01 Å². The molecule has 1 aromatic heterocycles. The molecule has 0 bridgehead atoms. The van der Waals surface area contributed by atoms with Crippen molar-refractivity contribution in [2.75, 3.05) is 0 Å². The maximum atomic E-state index is 11.1. The van der Waals surface area contributed by atoms with E-state index < -0.39 is 5.91 Å². The zero-order chi connectivity index (χ0) is 9.68. The molecule has 1 heterocycles. The molecule has 2 amide bonds. The normalized spacial score (nSPS) is 9.31. The zero-order valence-corrected chi connectivity index (χ0v) is 7.85. The lowest BCUT2D eigenvalue weighted by Crippen LogP contribution is -2.41. The molecule has 0 atom stereocenters. The second kappa shape index (κ2) is 4.56. The van der Waals surface area contributed by atoms with Crippen LogP contribution in [0.15, 0.2) is 11.6 Å². The number of thiazole rings is 1. The number of hydrogen-bond donors (Lipinski definition) is 2. The van der Waals surface area contributed by atoms with Gasteiger partial charge in [-0.25, -0.2) is 4.98 Å². The number of carbonyl (C=O) groups excluding carboxylic acids is 2. The topological polar surface area (TPSA) is 71.1 Å². The van der Waals surface area contributed by atoms with Gasteiger partial charge in [-0.3, -0.25) is 20.4 Å². The molecular weight excluding hydrogens is 190 g/mol. The van der Waals surface area contributed by atoms with Crippen LogP contribution in [0.25, 0.3) is 0 Å². The first-order valence-corrected chi connectivity index (χ1v) is 4.60. The molecule has 13 heavy (non-hydrogen) atoms. The number of carbonyl (C=O) groups is 2. The van der Waals surface area contributed by atoms with Crippen molar-refractivity contribution >= 4 is 23.2 Å². The molecule has 2 N–H and O–H groups in total. The summed E-state index contributed by atoms with van der Waals surface area (Å²) in [6, 6.07) is 0. The van der Waals surface area contributed by atoms with Gasteiger partial charge in [-0.15, -0.1) is 11.3 Å². The minimum absolute atomic E-state index is 0.232. The molecule has 0 aliphatic heterocycles. The SMILES string of the molecule is CCC(=O)NNC(=O)c1nccs1. The van der Waals surface area contributed by atoms with Crippen LogP contribution in [-0.4, -0.2) is 16.8 Å². The molecular formula is C7H9N3O2S. The Morgan fingerprint density at radius 1 is 1.54 bits per heavy atom. The summed E-state index contributed by atoms with van der Waals surface area (Å²) in [4.78, 5) is 25.7. The number of aromatic nitrogens is 1.